The van der Waals surface area contributed by atoms with Crippen LogP contribution in [0.2, 0.25) is 5.02 Å². The largest absolute Gasteiger partial charge is 0.481 e. The second-order valence-electron chi connectivity index (χ2n) is 3.53. The summed E-state index contributed by atoms with van der Waals surface area (Å²) in [6.45, 7) is 0. The van der Waals surface area contributed by atoms with Crippen molar-refractivity contribution >= 4 is 45.3 Å². The summed E-state index contributed by atoms with van der Waals surface area (Å²) in [6.07, 6.45) is 0. The Morgan fingerprint density at radius 1 is 1.53 bits per heavy atom. The Kier molecular flexibility index (Phi) is 4.84. The minimum absolute atomic E-state index is 0.00417. The van der Waals surface area contributed by atoms with Crippen LogP contribution in [0.25, 0.3) is 11.4 Å². The lowest BCUT2D eigenvalue weighted by Gasteiger charge is -1.97. The van der Waals surface area contributed by atoms with Crippen molar-refractivity contribution in [1.29, 1.82) is 0 Å². The molecule has 1 aromatic heterocycles. The molecule has 0 amide bonds. The van der Waals surface area contributed by atoms with E-state index in [-0.39, 0.29) is 5.75 Å². The number of hydrogen-bond acceptors (Lipinski definition) is 5. The number of hydrogen-bond donors (Lipinski definition) is 1. The van der Waals surface area contributed by atoms with E-state index in [0.29, 0.717) is 22.5 Å². The fourth-order valence-corrected chi connectivity index (χ4v) is 2.36. The fourth-order valence-electron chi connectivity index (χ4n) is 1.29. The van der Waals surface area contributed by atoms with Gasteiger partial charge in [-0.25, -0.2) is 0 Å². The van der Waals surface area contributed by atoms with E-state index in [1.165, 1.54) is 11.8 Å². The molecule has 2 aromatic rings. The lowest BCUT2D eigenvalue weighted by molar-refractivity contribution is -0.133. The second-order valence-corrected chi connectivity index (χ2v) is 5.77. The van der Waals surface area contributed by atoms with Crippen molar-refractivity contribution in [2.24, 2.45) is 0 Å². The van der Waals surface area contributed by atoms with Crippen LogP contribution in [0.3, 0.4) is 0 Å². The van der Waals surface area contributed by atoms with E-state index in [2.05, 4.69) is 26.1 Å². The first-order valence-electron chi connectivity index (χ1n) is 5.14. The molecule has 0 aliphatic carbocycles. The Labute approximate surface area is 126 Å². The van der Waals surface area contributed by atoms with E-state index in [9.17, 15) is 4.79 Å². The number of carboxylic acid groups (broad SMARTS) is 1. The van der Waals surface area contributed by atoms with Crippen LogP contribution in [0, 0.1) is 0 Å². The zero-order chi connectivity index (χ0) is 13.8. The molecular weight excluding hydrogens is 356 g/mol. The number of rotatable bonds is 5. The van der Waals surface area contributed by atoms with Gasteiger partial charge in [0.25, 0.3) is 0 Å². The third-order valence-corrected chi connectivity index (χ3v) is 4.21. The SMILES string of the molecule is O=C(O)CSCc1nc(-c2ccc(Cl)c(Br)c2)no1. The van der Waals surface area contributed by atoms with Crippen molar-refractivity contribution in [3.63, 3.8) is 0 Å². The Morgan fingerprint density at radius 2 is 2.32 bits per heavy atom. The average Bonchev–Trinajstić information content (AvgIpc) is 2.81. The molecule has 5 nitrogen and oxygen atoms in total. The predicted octanol–water partition coefficient (Wildman–Crippen LogP) is 3.47. The maximum absolute atomic E-state index is 10.4. The quantitative estimate of drug-likeness (QED) is 0.876. The van der Waals surface area contributed by atoms with Gasteiger partial charge in [0.1, 0.15) is 0 Å². The predicted molar refractivity (Wildman–Crippen MR) is 76.2 cm³/mol. The highest BCUT2D eigenvalue weighted by molar-refractivity contribution is 9.10. The Hall–Kier alpha value is -1.05. The summed E-state index contributed by atoms with van der Waals surface area (Å²) in [5.74, 6) is 0.347. The standard InChI is InChI=1S/C11H8BrClN2O3S/c12-7-3-6(1-2-8(7)13)11-14-9(18-15-11)4-19-5-10(16)17/h1-3H,4-5H2,(H,16,17). The molecule has 8 heteroatoms. The smallest absolute Gasteiger partial charge is 0.313 e. The van der Waals surface area contributed by atoms with Crippen LogP contribution >= 0.6 is 39.3 Å². The normalized spacial score (nSPS) is 10.6. The van der Waals surface area contributed by atoms with Crippen LogP contribution in [0.5, 0.6) is 0 Å². The van der Waals surface area contributed by atoms with E-state index in [0.717, 1.165) is 10.0 Å². The summed E-state index contributed by atoms with van der Waals surface area (Å²) >= 11 is 10.4. The van der Waals surface area contributed by atoms with Gasteiger partial charge in [0.15, 0.2) is 0 Å². The van der Waals surface area contributed by atoms with Crippen LogP contribution < -0.4 is 0 Å². The number of nitrogens with zero attached hydrogens (tertiary/aromatic N) is 2. The molecule has 0 aliphatic rings. The first-order chi connectivity index (χ1) is 9.06. The number of aromatic nitrogens is 2. The number of aliphatic carboxylic acids is 1. The van der Waals surface area contributed by atoms with Gasteiger partial charge in [-0.15, -0.1) is 11.8 Å². The molecule has 0 bridgehead atoms. The first-order valence-corrected chi connectivity index (χ1v) is 7.46. The summed E-state index contributed by atoms with van der Waals surface area (Å²) in [5, 5.41) is 13.0. The zero-order valence-corrected chi connectivity index (χ0v) is 12.6. The number of carboxylic acids is 1. The van der Waals surface area contributed by atoms with Crippen molar-refractivity contribution < 1.29 is 14.4 Å². The van der Waals surface area contributed by atoms with Crippen LogP contribution in [0.4, 0.5) is 0 Å². The Morgan fingerprint density at radius 3 is 3.00 bits per heavy atom. The van der Waals surface area contributed by atoms with E-state index in [1.807, 2.05) is 0 Å². The highest BCUT2D eigenvalue weighted by atomic mass is 79.9. The number of carbonyl (C=O) groups is 1. The zero-order valence-electron chi connectivity index (χ0n) is 9.47. The lowest BCUT2D eigenvalue weighted by Crippen LogP contribution is -1.98. The molecule has 0 aliphatic heterocycles. The molecule has 1 N–H and O–H groups in total. The van der Waals surface area contributed by atoms with Crippen LogP contribution in [0.15, 0.2) is 27.2 Å². The molecule has 19 heavy (non-hydrogen) atoms. The highest BCUT2D eigenvalue weighted by Crippen LogP contribution is 2.27. The molecule has 0 spiro atoms. The van der Waals surface area contributed by atoms with Crippen molar-refractivity contribution in [2.75, 3.05) is 5.75 Å². The van der Waals surface area contributed by atoms with E-state index in [4.69, 9.17) is 21.2 Å². The molecule has 100 valence electrons. The molecule has 0 radical (unpaired) electrons. The van der Waals surface area contributed by atoms with Crippen molar-refractivity contribution in [3.8, 4) is 11.4 Å². The second kappa shape index (κ2) is 6.40. The van der Waals surface area contributed by atoms with Gasteiger partial charge in [0.05, 0.1) is 16.5 Å². The van der Waals surface area contributed by atoms with Gasteiger partial charge in [0, 0.05) is 10.0 Å². The molecular formula is C11H8BrClN2O3S. The van der Waals surface area contributed by atoms with Crippen molar-refractivity contribution in [3.05, 3.63) is 33.6 Å². The monoisotopic (exact) mass is 362 g/mol. The molecule has 0 saturated heterocycles. The summed E-state index contributed by atoms with van der Waals surface area (Å²) < 4.78 is 5.80. The molecule has 0 saturated carbocycles. The van der Waals surface area contributed by atoms with Gasteiger partial charge in [-0.3, -0.25) is 4.79 Å². The van der Waals surface area contributed by atoms with Gasteiger partial charge in [-0.05, 0) is 34.1 Å². The van der Waals surface area contributed by atoms with Crippen LogP contribution in [0.1, 0.15) is 5.89 Å². The molecule has 0 unspecified atom stereocenters. The van der Waals surface area contributed by atoms with Gasteiger partial charge in [0.2, 0.25) is 11.7 Å². The van der Waals surface area contributed by atoms with Gasteiger partial charge >= 0.3 is 5.97 Å². The summed E-state index contributed by atoms with van der Waals surface area (Å²) in [7, 11) is 0. The maximum atomic E-state index is 10.4. The molecule has 2 rings (SSSR count). The van der Waals surface area contributed by atoms with Gasteiger partial charge in [-0.2, -0.15) is 4.98 Å². The van der Waals surface area contributed by atoms with Crippen molar-refractivity contribution in [1.82, 2.24) is 10.1 Å². The summed E-state index contributed by atoms with van der Waals surface area (Å²) in [6, 6.07) is 5.31. The van der Waals surface area contributed by atoms with E-state index < -0.39 is 5.97 Å². The summed E-state index contributed by atoms with van der Waals surface area (Å²) in [5.41, 5.74) is 0.773. The third kappa shape index (κ3) is 3.95. The van der Waals surface area contributed by atoms with Crippen LogP contribution in [-0.2, 0) is 10.5 Å². The minimum atomic E-state index is -0.869. The first kappa shape index (κ1) is 14.4. The minimum Gasteiger partial charge on any atom is -0.481 e. The van der Waals surface area contributed by atoms with E-state index >= 15 is 0 Å². The fraction of sp³-hybridized carbons (Fsp3) is 0.182. The van der Waals surface area contributed by atoms with Gasteiger partial charge in [-0.1, -0.05) is 16.8 Å². The number of halogens is 2. The molecule has 1 heterocycles. The Bertz CT molecular complexity index is 605. The summed E-state index contributed by atoms with van der Waals surface area (Å²) in [4.78, 5) is 14.6. The van der Waals surface area contributed by atoms with E-state index in [1.54, 1.807) is 18.2 Å². The average molecular weight is 364 g/mol. The van der Waals surface area contributed by atoms with Crippen molar-refractivity contribution in [2.45, 2.75) is 5.75 Å². The maximum Gasteiger partial charge on any atom is 0.313 e. The lowest BCUT2D eigenvalue weighted by atomic mass is 10.2. The van der Waals surface area contributed by atoms with Gasteiger partial charge < -0.3 is 9.63 Å². The number of benzene rings is 1. The molecule has 0 fully saturated rings. The molecule has 1 aromatic carbocycles. The van der Waals surface area contributed by atoms with Crippen LogP contribution in [-0.4, -0.2) is 27.0 Å². The highest BCUT2D eigenvalue weighted by Gasteiger charge is 2.10. The topological polar surface area (TPSA) is 76.2 Å². The molecule has 0 atom stereocenters. The third-order valence-electron chi connectivity index (χ3n) is 2.10. The number of thioether (sulfide) groups is 1. The Balaban J connectivity index is 2.07.